The summed E-state index contributed by atoms with van der Waals surface area (Å²) in [6.07, 6.45) is 1.96. The van der Waals surface area contributed by atoms with E-state index in [0.29, 0.717) is 6.61 Å². The van der Waals surface area contributed by atoms with Crippen LogP contribution in [0, 0.1) is 5.92 Å². The molecule has 3 nitrogen and oxygen atoms in total. The summed E-state index contributed by atoms with van der Waals surface area (Å²) in [5, 5.41) is 0.788. The minimum absolute atomic E-state index is 0.0575. The minimum Gasteiger partial charge on any atom is -0.381 e. The van der Waals surface area contributed by atoms with Crippen LogP contribution in [0.4, 0.5) is 0 Å². The second-order valence-electron chi connectivity index (χ2n) is 4.76. The fourth-order valence-electron chi connectivity index (χ4n) is 1.60. The van der Waals surface area contributed by atoms with E-state index < -0.39 is 0 Å². The fourth-order valence-corrected chi connectivity index (χ4v) is 1.97. The van der Waals surface area contributed by atoms with Crippen LogP contribution in [-0.4, -0.2) is 41.9 Å². The molecule has 1 heterocycles. The zero-order chi connectivity index (χ0) is 11.5. The summed E-state index contributed by atoms with van der Waals surface area (Å²) in [6.45, 7) is 5.50. The van der Waals surface area contributed by atoms with Crippen molar-refractivity contribution in [2.45, 2.75) is 32.2 Å². The van der Waals surface area contributed by atoms with E-state index in [0.717, 1.165) is 24.8 Å². The Morgan fingerprint density at radius 1 is 1.60 bits per heavy atom. The lowest BCUT2D eigenvalue weighted by Gasteiger charge is -2.37. The highest BCUT2D eigenvalue weighted by Gasteiger charge is 2.32. The van der Waals surface area contributed by atoms with Gasteiger partial charge in [0.05, 0.1) is 12.5 Å². The molecule has 15 heavy (non-hydrogen) atoms. The first kappa shape index (κ1) is 13.0. The highest BCUT2D eigenvalue weighted by atomic mass is 79.9. The number of hydrogen-bond acceptors (Lipinski definition) is 2. The van der Waals surface area contributed by atoms with E-state index >= 15 is 0 Å². The molecule has 88 valence electrons. The molecule has 1 rings (SSSR count). The van der Waals surface area contributed by atoms with E-state index in [2.05, 4.69) is 29.8 Å². The van der Waals surface area contributed by atoms with Crippen LogP contribution < -0.4 is 0 Å². The van der Waals surface area contributed by atoms with Crippen molar-refractivity contribution in [2.24, 2.45) is 5.92 Å². The van der Waals surface area contributed by atoms with Crippen molar-refractivity contribution in [3.63, 3.8) is 0 Å². The Bertz CT molecular complexity index is 225. The van der Waals surface area contributed by atoms with Crippen molar-refractivity contribution < 1.29 is 9.53 Å². The van der Waals surface area contributed by atoms with Crippen LogP contribution in [-0.2, 0) is 9.53 Å². The molecule has 1 unspecified atom stereocenters. The number of amides is 1. The van der Waals surface area contributed by atoms with E-state index in [1.54, 1.807) is 0 Å². The summed E-state index contributed by atoms with van der Waals surface area (Å²) in [7, 11) is 1.87. The SMILES string of the molecule is CN(C(=O)C1CCCOC1)C(C)(C)CBr. The number of alkyl halides is 1. The van der Waals surface area contributed by atoms with Crippen molar-refractivity contribution in [3.05, 3.63) is 0 Å². The molecular formula is C11H20BrNO2. The van der Waals surface area contributed by atoms with Gasteiger partial charge in [0.2, 0.25) is 5.91 Å². The van der Waals surface area contributed by atoms with Crippen molar-refractivity contribution in [1.29, 1.82) is 0 Å². The van der Waals surface area contributed by atoms with Gasteiger partial charge in [0.15, 0.2) is 0 Å². The van der Waals surface area contributed by atoms with Crippen molar-refractivity contribution >= 4 is 21.8 Å². The molecule has 0 saturated carbocycles. The number of ether oxygens (including phenoxy) is 1. The summed E-state index contributed by atoms with van der Waals surface area (Å²) in [6, 6.07) is 0. The normalized spacial score (nSPS) is 22.5. The third kappa shape index (κ3) is 3.18. The number of halogens is 1. The molecule has 0 bridgehead atoms. The summed E-state index contributed by atoms with van der Waals surface area (Å²) < 4.78 is 5.34. The van der Waals surface area contributed by atoms with Gasteiger partial charge in [0.25, 0.3) is 0 Å². The van der Waals surface area contributed by atoms with E-state index in [-0.39, 0.29) is 17.4 Å². The first-order chi connectivity index (χ1) is 6.99. The molecule has 1 aliphatic rings. The zero-order valence-corrected chi connectivity index (χ0v) is 11.3. The number of carbonyl (C=O) groups is 1. The van der Waals surface area contributed by atoms with Gasteiger partial charge in [-0.2, -0.15) is 0 Å². The molecule has 0 aromatic heterocycles. The van der Waals surface area contributed by atoms with Crippen LogP contribution >= 0.6 is 15.9 Å². The Morgan fingerprint density at radius 2 is 2.27 bits per heavy atom. The molecule has 1 amide bonds. The molecule has 1 saturated heterocycles. The smallest absolute Gasteiger partial charge is 0.228 e. The molecule has 0 aliphatic carbocycles. The van der Waals surface area contributed by atoms with Crippen molar-refractivity contribution in [1.82, 2.24) is 4.90 Å². The Hall–Kier alpha value is -0.0900. The Kier molecular flexibility index (Phi) is 4.59. The lowest BCUT2D eigenvalue weighted by Crippen LogP contribution is -2.49. The van der Waals surface area contributed by atoms with Crippen LogP contribution in [0.3, 0.4) is 0 Å². The molecular weight excluding hydrogens is 258 g/mol. The minimum atomic E-state index is -0.130. The molecule has 0 aromatic carbocycles. The second kappa shape index (κ2) is 5.30. The maximum Gasteiger partial charge on any atom is 0.228 e. The van der Waals surface area contributed by atoms with Crippen molar-refractivity contribution in [2.75, 3.05) is 25.6 Å². The maximum atomic E-state index is 12.1. The van der Waals surface area contributed by atoms with Crippen LogP contribution in [0.15, 0.2) is 0 Å². The lowest BCUT2D eigenvalue weighted by atomic mass is 9.97. The predicted molar refractivity (Wildman–Crippen MR) is 64.2 cm³/mol. The van der Waals surface area contributed by atoms with Crippen LogP contribution in [0.2, 0.25) is 0 Å². The summed E-state index contributed by atoms with van der Waals surface area (Å²) in [4.78, 5) is 14.0. The van der Waals surface area contributed by atoms with E-state index in [1.165, 1.54) is 0 Å². The van der Waals surface area contributed by atoms with E-state index in [4.69, 9.17) is 4.74 Å². The molecule has 4 heteroatoms. The summed E-state index contributed by atoms with van der Waals surface area (Å²) >= 11 is 3.44. The Labute approximate surface area is 100 Å². The zero-order valence-electron chi connectivity index (χ0n) is 9.75. The van der Waals surface area contributed by atoms with Gasteiger partial charge in [-0.15, -0.1) is 0 Å². The summed E-state index contributed by atoms with van der Waals surface area (Å²) in [5.41, 5.74) is -0.130. The highest BCUT2D eigenvalue weighted by Crippen LogP contribution is 2.22. The number of nitrogens with zero attached hydrogens (tertiary/aromatic N) is 1. The van der Waals surface area contributed by atoms with Crippen LogP contribution in [0.5, 0.6) is 0 Å². The third-order valence-corrected chi connectivity index (χ3v) is 4.45. The molecule has 1 fully saturated rings. The topological polar surface area (TPSA) is 29.5 Å². The molecule has 0 radical (unpaired) electrons. The van der Waals surface area contributed by atoms with E-state index in [9.17, 15) is 4.79 Å². The summed E-state index contributed by atoms with van der Waals surface area (Å²) in [5.74, 6) is 0.265. The monoisotopic (exact) mass is 277 g/mol. The number of rotatable bonds is 3. The van der Waals surface area contributed by atoms with Gasteiger partial charge in [-0.05, 0) is 26.7 Å². The quantitative estimate of drug-likeness (QED) is 0.739. The van der Waals surface area contributed by atoms with Gasteiger partial charge in [0, 0.05) is 24.5 Å². The Balaban J connectivity index is 2.58. The lowest BCUT2D eigenvalue weighted by molar-refractivity contribution is -0.142. The average Bonchev–Trinajstić information content (AvgIpc) is 2.28. The van der Waals surface area contributed by atoms with Crippen LogP contribution in [0.25, 0.3) is 0 Å². The van der Waals surface area contributed by atoms with Crippen molar-refractivity contribution in [3.8, 4) is 0 Å². The Morgan fingerprint density at radius 3 is 2.73 bits per heavy atom. The number of carbonyl (C=O) groups excluding carboxylic acids is 1. The molecule has 1 aliphatic heterocycles. The molecule has 0 N–H and O–H groups in total. The first-order valence-corrected chi connectivity index (χ1v) is 6.52. The van der Waals surface area contributed by atoms with Crippen LogP contribution in [0.1, 0.15) is 26.7 Å². The first-order valence-electron chi connectivity index (χ1n) is 5.40. The average molecular weight is 278 g/mol. The van der Waals surface area contributed by atoms with Gasteiger partial charge in [-0.1, -0.05) is 15.9 Å². The van der Waals surface area contributed by atoms with Gasteiger partial charge in [-0.3, -0.25) is 4.79 Å². The number of hydrogen-bond donors (Lipinski definition) is 0. The molecule has 1 atom stereocenters. The fraction of sp³-hybridized carbons (Fsp3) is 0.909. The largest absolute Gasteiger partial charge is 0.381 e. The standard InChI is InChI=1S/C11H20BrNO2/c1-11(2,8-12)13(3)10(14)9-5-4-6-15-7-9/h9H,4-8H2,1-3H3. The molecule has 0 spiro atoms. The van der Waals surface area contributed by atoms with Gasteiger partial charge in [-0.25, -0.2) is 0 Å². The third-order valence-electron chi connectivity index (χ3n) is 3.08. The second-order valence-corrected chi connectivity index (χ2v) is 5.32. The highest BCUT2D eigenvalue weighted by molar-refractivity contribution is 9.09. The van der Waals surface area contributed by atoms with Gasteiger partial charge < -0.3 is 9.64 Å². The maximum absolute atomic E-state index is 12.1. The van der Waals surface area contributed by atoms with E-state index in [1.807, 2.05) is 11.9 Å². The van der Waals surface area contributed by atoms with Gasteiger partial charge in [0.1, 0.15) is 0 Å². The van der Waals surface area contributed by atoms with Gasteiger partial charge >= 0.3 is 0 Å². The predicted octanol–water partition coefficient (Wildman–Crippen LogP) is 2.04. The molecule has 0 aromatic rings.